The van der Waals surface area contributed by atoms with Crippen LogP contribution in [0.5, 0.6) is 11.5 Å². The summed E-state index contributed by atoms with van der Waals surface area (Å²) < 4.78 is 19.7. The maximum Gasteiger partial charge on any atom is 0.144 e. The molecular formula is C14H10BrFN2O. The fraction of sp³-hybridized carbons (Fsp3) is 0.0714. The second-order valence-electron chi connectivity index (χ2n) is 3.99. The van der Waals surface area contributed by atoms with E-state index in [4.69, 9.17) is 15.7 Å². The molecule has 0 saturated heterocycles. The minimum Gasteiger partial charge on any atom is -0.456 e. The largest absolute Gasteiger partial charge is 0.456 e. The second kappa shape index (κ2) is 5.29. The Hall–Kier alpha value is -2.06. The number of hydrogen-bond donors (Lipinski definition) is 1. The fourth-order valence-electron chi connectivity index (χ4n) is 1.53. The Morgan fingerprint density at radius 3 is 2.68 bits per heavy atom. The summed E-state index contributed by atoms with van der Waals surface area (Å²) in [6.45, 7) is 1.86. The van der Waals surface area contributed by atoms with Crippen LogP contribution < -0.4 is 10.5 Å². The van der Waals surface area contributed by atoms with E-state index >= 15 is 0 Å². The summed E-state index contributed by atoms with van der Waals surface area (Å²) in [5, 5.41) is 8.66. The molecule has 0 aliphatic carbocycles. The minimum absolute atomic E-state index is 0.0140. The molecular weight excluding hydrogens is 311 g/mol. The predicted molar refractivity (Wildman–Crippen MR) is 74.5 cm³/mol. The van der Waals surface area contributed by atoms with Crippen LogP contribution in [-0.2, 0) is 0 Å². The lowest BCUT2D eigenvalue weighted by Crippen LogP contribution is -1.93. The molecule has 0 fully saturated rings. The van der Waals surface area contributed by atoms with Gasteiger partial charge in [-0.2, -0.15) is 5.26 Å². The number of halogens is 2. The maximum atomic E-state index is 13.5. The van der Waals surface area contributed by atoms with Crippen molar-refractivity contribution in [3.63, 3.8) is 0 Å². The van der Waals surface area contributed by atoms with Crippen molar-refractivity contribution in [1.82, 2.24) is 0 Å². The highest BCUT2D eigenvalue weighted by atomic mass is 79.9. The van der Waals surface area contributed by atoms with Crippen molar-refractivity contribution >= 4 is 21.6 Å². The van der Waals surface area contributed by atoms with Gasteiger partial charge in [-0.3, -0.25) is 0 Å². The lowest BCUT2D eigenvalue weighted by atomic mass is 10.2. The molecule has 0 spiro atoms. The molecule has 0 heterocycles. The van der Waals surface area contributed by atoms with Gasteiger partial charge < -0.3 is 10.5 Å². The van der Waals surface area contributed by atoms with E-state index in [0.717, 1.165) is 5.56 Å². The molecule has 0 aliphatic rings. The minimum atomic E-state index is -0.608. The molecule has 96 valence electrons. The zero-order valence-corrected chi connectivity index (χ0v) is 11.7. The van der Waals surface area contributed by atoms with Gasteiger partial charge in [0.1, 0.15) is 23.4 Å². The number of benzene rings is 2. The number of nitrogens with two attached hydrogens (primary N) is 1. The summed E-state index contributed by atoms with van der Waals surface area (Å²) in [6, 6.07) is 9.34. The maximum absolute atomic E-state index is 13.5. The predicted octanol–water partition coefficient (Wildman–Crippen LogP) is 4.14. The number of nitrogens with zero attached hydrogens (tertiary/aromatic N) is 1. The van der Waals surface area contributed by atoms with E-state index in [9.17, 15) is 4.39 Å². The van der Waals surface area contributed by atoms with Crippen LogP contribution in [0, 0.1) is 24.1 Å². The van der Waals surface area contributed by atoms with Gasteiger partial charge in [0.05, 0.1) is 10.0 Å². The Labute approximate surface area is 118 Å². The molecule has 19 heavy (non-hydrogen) atoms. The highest BCUT2D eigenvalue weighted by Gasteiger charge is 2.08. The van der Waals surface area contributed by atoms with E-state index in [0.29, 0.717) is 21.7 Å². The van der Waals surface area contributed by atoms with E-state index in [1.165, 1.54) is 12.1 Å². The molecule has 2 N–H and O–H groups in total. The SMILES string of the molecule is Cc1cc(Oc2ccc(C#N)c(F)c2)c(Br)cc1N. The highest BCUT2D eigenvalue weighted by Crippen LogP contribution is 2.33. The normalized spacial score (nSPS) is 10.0. The molecule has 5 heteroatoms. The smallest absolute Gasteiger partial charge is 0.144 e. The molecule has 0 radical (unpaired) electrons. The molecule has 2 aromatic carbocycles. The van der Waals surface area contributed by atoms with Gasteiger partial charge in [0.15, 0.2) is 0 Å². The van der Waals surface area contributed by atoms with Crippen molar-refractivity contribution in [3.8, 4) is 17.6 Å². The molecule has 0 amide bonds. The van der Waals surface area contributed by atoms with Crippen molar-refractivity contribution in [3.05, 3.63) is 51.7 Å². The number of aryl methyl sites for hydroxylation is 1. The van der Waals surface area contributed by atoms with Crippen molar-refractivity contribution < 1.29 is 9.13 Å². The molecule has 0 aromatic heterocycles. The Morgan fingerprint density at radius 2 is 2.05 bits per heavy atom. The van der Waals surface area contributed by atoms with E-state index in [2.05, 4.69) is 15.9 Å². The number of hydrogen-bond acceptors (Lipinski definition) is 3. The van der Waals surface area contributed by atoms with Crippen LogP contribution in [0.3, 0.4) is 0 Å². The summed E-state index contributed by atoms with van der Waals surface area (Å²) in [7, 11) is 0. The molecule has 3 nitrogen and oxygen atoms in total. The summed E-state index contributed by atoms with van der Waals surface area (Å²) >= 11 is 3.33. The number of anilines is 1. The van der Waals surface area contributed by atoms with Gasteiger partial charge >= 0.3 is 0 Å². The van der Waals surface area contributed by atoms with Gasteiger partial charge in [-0.15, -0.1) is 0 Å². The van der Waals surface area contributed by atoms with E-state index in [1.54, 1.807) is 24.3 Å². The third kappa shape index (κ3) is 2.85. The van der Waals surface area contributed by atoms with Crippen LogP contribution in [0.4, 0.5) is 10.1 Å². The monoisotopic (exact) mass is 320 g/mol. The van der Waals surface area contributed by atoms with Crippen LogP contribution >= 0.6 is 15.9 Å². The Kier molecular flexibility index (Phi) is 3.72. The van der Waals surface area contributed by atoms with Gasteiger partial charge in [0.2, 0.25) is 0 Å². The molecule has 0 atom stereocenters. The van der Waals surface area contributed by atoms with Gasteiger partial charge in [0, 0.05) is 11.8 Å². The topological polar surface area (TPSA) is 59.0 Å². The summed E-state index contributed by atoms with van der Waals surface area (Å²) in [6.07, 6.45) is 0. The van der Waals surface area contributed by atoms with Crippen molar-refractivity contribution in [2.75, 3.05) is 5.73 Å². The van der Waals surface area contributed by atoms with Crippen LogP contribution in [0.15, 0.2) is 34.8 Å². The Balaban J connectivity index is 2.34. The number of rotatable bonds is 2. The van der Waals surface area contributed by atoms with Gasteiger partial charge in [-0.05, 0) is 52.7 Å². The van der Waals surface area contributed by atoms with E-state index < -0.39 is 5.82 Å². The first kappa shape index (κ1) is 13.4. The molecule has 0 bridgehead atoms. The zero-order valence-electron chi connectivity index (χ0n) is 10.1. The molecule has 2 aromatic rings. The average Bonchev–Trinajstić information content (AvgIpc) is 2.36. The first-order chi connectivity index (χ1) is 9.01. The lowest BCUT2D eigenvalue weighted by molar-refractivity contribution is 0.473. The quantitative estimate of drug-likeness (QED) is 0.846. The zero-order chi connectivity index (χ0) is 14.0. The number of ether oxygens (including phenoxy) is 1. The van der Waals surface area contributed by atoms with Crippen molar-refractivity contribution in [2.45, 2.75) is 6.92 Å². The van der Waals surface area contributed by atoms with Gasteiger partial charge in [0.25, 0.3) is 0 Å². The molecule has 0 aliphatic heterocycles. The second-order valence-corrected chi connectivity index (χ2v) is 4.85. The average molecular weight is 321 g/mol. The Bertz CT molecular complexity index is 680. The van der Waals surface area contributed by atoms with E-state index in [-0.39, 0.29) is 5.56 Å². The molecule has 2 rings (SSSR count). The summed E-state index contributed by atoms with van der Waals surface area (Å²) in [5.74, 6) is 0.250. The van der Waals surface area contributed by atoms with Crippen molar-refractivity contribution in [1.29, 1.82) is 5.26 Å². The number of nitriles is 1. The Morgan fingerprint density at radius 1 is 1.32 bits per heavy atom. The van der Waals surface area contributed by atoms with Crippen LogP contribution in [-0.4, -0.2) is 0 Å². The van der Waals surface area contributed by atoms with Crippen LogP contribution in [0.1, 0.15) is 11.1 Å². The lowest BCUT2D eigenvalue weighted by Gasteiger charge is -2.10. The third-order valence-corrected chi connectivity index (χ3v) is 3.23. The third-order valence-electron chi connectivity index (χ3n) is 2.61. The number of nitrogen functional groups attached to an aromatic ring is 1. The van der Waals surface area contributed by atoms with Crippen LogP contribution in [0.25, 0.3) is 0 Å². The molecule has 0 unspecified atom stereocenters. The summed E-state index contributed by atoms with van der Waals surface area (Å²) in [4.78, 5) is 0. The van der Waals surface area contributed by atoms with Crippen LogP contribution in [0.2, 0.25) is 0 Å². The van der Waals surface area contributed by atoms with Gasteiger partial charge in [-0.25, -0.2) is 4.39 Å². The van der Waals surface area contributed by atoms with E-state index in [1.807, 2.05) is 6.92 Å². The standard InChI is InChI=1S/C14H10BrFN2O/c1-8-4-14(11(15)6-13(8)18)19-10-3-2-9(7-17)12(16)5-10/h2-6H,18H2,1H3. The first-order valence-corrected chi connectivity index (χ1v) is 6.23. The van der Waals surface area contributed by atoms with Crippen molar-refractivity contribution in [2.24, 2.45) is 0 Å². The fourth-order valence-corrected chi connectivity index (χ4v) is 1.97. The van der Waals surface area contributed by atoms with Gasteiger partial charge in [-0.1, -0.05) is 0 Å². The first-order valence-electron chi connectivity index (χ1n) is 5.44. The summed E-state index contributed by atoms with van der Waals surface area (Å²) in [5.41, 5.74) is 7.26. The molecule has 0 saturated carbocycles. The highest BCUT2D eigenvalue weighted by molar-refractivity contribution is 9.10.